The summed E-state index contributed by atoms with van der Waals surface area (Å²) < 4.78 is 0.956. The molecule has 0 fully saturated rings. The molecule has 0 aliphatic rings. The zero-order valence-corrected chi connectivity index (χ0v) is 15.7. The summed E-state index contributed by atoms with van der Waals surface area (Å²) in [6.07, 6.45) is 0.570. The molecule has 26 heavy (non-hydrogen) atoms. The van der Waals surface area contributed by atoms with Gasteiger partial charge in [-0.2, -0.15) is 0 Å². The Hall–Kier alpha value is -2.66. The van der Waals surface area contributed by atoms with E-state index >= 15 is 0 Å². The van der Waals surface area contributed by atoms with E-state index < -0.39 is 11.9 Å². The molecule has 4 nitrogen and oxygen atoms in total. The maximum atomic E-state index is 12.4. The minimum atomic E-state index is -0.732. The maximum absolute atomic E-state index is 12.4. The third-order valence-electron chi connectivity index (χ3n) is 4.21. The molecule has 0 aliphatic heterocycles. The number of halogens is 1. The van der Waals surface area contributed by atoms with Crippen molar-refractivity contribution in [2.45, 2.75) is 18.9 Å². The van der Waals surface area contributed by atoms with Crippen molar-refractivity contribution in [3.8, 4) is 0 Å². The SMILES string of the molecule is NC(=O)[C@H](Cc1ccc(Br)cc1)NC(=O)Cc1ccc2ccccc2c1. The number of carbonyl (C=O) groups is 2. The molecular weight excluding hydrogens is 392 g/mol. The first-order valence-corrected chi connectivity index (χ1v) is 9.11. The predicted molar refractivity (Wildman–Crippen MR) is 107 cm³/mol. The summed E-state index contributed by atoms with van der Waals surface area (Å²) in [6, 6.07) is 20.7. The van der Waals surface area contributed by atoms with Crippen LogP contribution in [0.15, 0.2) is 71.2 Å². The van der Waals surface area contributed by atoms with E-state index in [-0.39, 0.29) is 12.3 Å². The van der Waals surface area contributed by atoms with Crippen molar-refractivity contribution in [3.63, 3.8) is 0 Å². The van der Waals surface area contributed by atoms with Crippen LogP contribution in [0.3, 0.4) is 0 Å². The monoisotopic (exact) mass is 410 g/mol. The van der Waals surface area contributed by atoms with Gasteiger partial charge in [0, 0.05) is 10.9 Å². The molecule has 0 saturated heterocycles. The Labute approximate surface area is 160 Å². The molecule has 0 unspecified atom stereocenters. The first kappa shape index (κ1) is 18.1. The van der Waals surface area contributed by atoms with Crippen LogP contribution in [0.1, 0.15) is 11.1 Å². The quantitative estimate of drug-likeness (QED) is 0.653. The average Bonchev–Trinajstić information content (AvgIpc) is 2.62. The van der Waals surface area contributed by atoms with Gasteiger partial charge in [0.05, 0.1) is 6.42 Å². The van der Waals surface area contributed by atoms with Gasteiger partial charge in [0.25, 0.3) is 0 Å². The molecule has 0 aliphatic carbocycles. The molecule has 3 aromatic rings. The first-order chi connectivity index (χ1) is 12.5. The summed E-state index contributed by atoms with van der Waals surface area (Å²) in [6.45, 7) is 0. The van der Waals surface area contributed by atoms with E-state index in [1.54, 1.807) is 0 Å². The lowest BCUT2D eigenvalue weighted by atomic mass is 10.0. The Morgan fingerprint density at radius 2 is 1.58 bits per heavy atom. The second-order valence-electron chi connectivity index (χ2n) is 6.21. The van der Waals surface area contributed by atoms with Crippen LogP contribution < -0.4 is 11.1 Å². The number of carbonyl (C=O) groups excluding carboxylic acids is 2. The number of rotatable bonds is 6. The van der Waals surface area contributed by atoms with Crippen molar-refractivity contribution < 1.29 is 9.59 Å². The summed E-state index contributed by atoms with van der Waals surface area (Å²) in [7, 11) is 0. The number of hydrogen-bond acceptors (Lipinski definition) is 2. The number of nitrogens with one attached hydrogen (secondary N) is 1. The summed E-state index contributed by atoms with van der Waals surface area (Å²) in [4.78, 5) is 24.1. The highest BCUT2D eigenvalue weighted by atomic mass is 79.9. The van der Waals surface area contributed by atoms with Gasteiger partial charge in [-0.15, -0.1) is 0 Å². The van der Waals surface area contributed by atoms with Gasteiger partial charge in [-0.1, -0.05) is 70.5 Å². The van der Waals surface area contributed by atoms with Crippen LogP contribution in [-0.2, 0) is 22.4 Å². The highest BCUT2D eigenvalue weighted by Gasteiger charge is 2.18. The molecule has 3 rings (SSSR count). The second-order valence-corrected chi connectivity index (χ2v) is 7.13. The number of fused-ring (bicyclic) bond motifs is 1. The van der Waals surface area contributed by atoms with E-state index in [4.69, 9.17) is 5.73 Å². The summed E-state index contributed by atoms with van der Waals surface area (Å²) in [5.74, 6) is -0.763. The van der Waals surface area contributed by atoms with Crippen molar-refractivity contribution in [1.82, 2.24) is 5.32 Å². The van der Waals surface area contributed by atoms with Gasteiger partial charge in [0.1, 0.15) is 6.04 Å². The van der Waals surface area contributed by atoms with Crippen molar-refractivity contribution in [1.29, 1.82) is 0 Å². The fraction of sp³-hybridized carbons (Fsp3) is 0.143. The second kappa shape index (κ2) is 8.15. The van der Waals surface area contributed by atoms with Crippen LogP contribution >= 0.6 is 15.9 Å². The minimum Gasteiger partial charge on any atom is -0.368 e. The minimum absolute atomic E-state index is 0.203. The van der Waals surface area contributed by atoms with Crippen LogP contribution in [0.2, 0.25) is 0 Å². The lowest BCUT2D eigenvalue weighted by Gasteiger charge is -2.16. The van der Waals surface area contributed by atoms with Crippen LogP contribution in [0, 0.1) is 0 Å². The average molecular weight is 411 g/mol. The van der Waals surface area contributed by atoms with Crippen molar-refractivity contribution in [2.24, 2.45) is 5.73 Å². The van der Waals surface area contributed by atoms with Crippen LogP contribution in [0.25, 0.3) is 10.8 Å². The van der Waals surface area contributed by atoms with Gasteiger partial charge in [-0.3, -0.25) is 9.59 Å². The molecule has 0 saturated carbocycles. The van der Waals surface area contributed by atoms with E-state index in [1.165, 1.54) is 0 Å². The number of primary amides is 1. The van der Waals surface area contributed by atoms with Gasteiger partial charge in [-0.25, -0.2) is 0 Å². The van der Waals surface area contributed by atoms with Crippen molar-refractivity contribution >= 4 is 38.5 Å². The fourth-order valence-electron chi connectivity index (χ4n) is 2.86. The zero-order valence-electron chi connectivity index (χ0n) is 14.1. The molecule has 5 heteroatoms. The third kappa shape index (κ3) is 4.70. The van der Waals surface area contributed by atoms with Gasteiger partial charge in [-0.05, 0) is 34.0 Å². The molecular formula is C21H19BrN2O2. The Bertz CT molecular complexity index is 938. The number of nitrogens with two attached hydrogens (primary N) is 1. The Morgan fingerprint density at radius 3 is 2.27 bits per heavy atom. The highest BCUT2D eigenvalue weighted by Crippen LogP contribution is 2.16. The highest BCUT2D eigenvalue weighted by molar-refractivity contribution is 9.10. The molecule has 2 amide bonds. The van der Waals surface area contributed by atoms with E-state index in [1.807, 2.05) is 66.7 Å². The molecule has 3 N–H and O–H groups in total. The van der Waals surface area contributed by atoms with E-state index in [2.05, 4.69) is 21.2 Å². The van der Waals surface area contributed by atoms with Crippen molar-refractivity contribution in [2.75, 3.05) is 0 Å². The molecule has 0 spiro atoms. The van der Waals surface area contributed by atoms with Gasteiger partial charge in [0.2, 0.25) is 11.8 Å². The Balaban J connectivity index is 1.67. The number of hydrogen-bond donors (Lipinski definition) is 2. The van der Waals surface area contributed by atoms with Crippen LogP contribution in [0.4, 0.5) is 0 Å². The molecule has 0 heterocycles. The zero-order chi connectivity index (χ0) is 18.5. The predicted octanol–water partition coefficient (Wildman–Crippen LogP) is 3.36. The topological polar surface area (TPSA) is 72.2 Å². The number of benzene rings is 3. The first-order valence-electron chi connectivity index (χ1n) is 8.32. The smallest absolute Gasteiger partial charge is 0.240 e. The maximum Gasteiger partial charge on any atom is 0.240 e. The van der Waals surface area contributed by atoms with E-state index in [0.29, 0.717) is 6.42 Å². The van der Waals surface area contributed by atoms with Gasteiger partial charge >= 0.3 is 0 Å². The van der Waals surface area contributed by atoms with Crippen molar-refractivity contribution in [3.05, 3.63) is 82.3 Å². The molecule has 0 aromatic heterocycles. The molecule has 3 aromatic carbocycles. The molecule has 0 bridgehead atoms. The number of amides is 2. The fourth-order valence-corrected chi connectivity index (χ4v) is 3.12. The summed E-state index contributed by atoms with van der Waals surface area (Å²) >= 11 is 3.37. The van der Waals surface area contributed by atoms with E-state index in [0.717, 1.165) is 26.4 Å². The lowest BCUT2D eigenvalue weighted by Crippen LogP contribution is -2.46. The van der Waals surface area contributed by atoms with E-state index in [9.17, 15) is 9.59 Å². The standard InChI is InChI=1S/C21H19BrN2O2/c22-18-9-6-14(7-10-18)12-19(21(23)26)24-20(25)13-15-5-8-16-3-1-2-4-17(16)11-15/h1-11,19H,12-13H2,(H2,23,26)(H,24,25)/t19-/m0/s1. The van der Waals surface area contributed by atoms with Crippen LogP contribution in [0.5, 0.6) is 0 Å². The largest absolute Gasteiger partial charge is 0.368 e. The summed E-state index contributed by atoms with van der Waals surface area (Å²) in [5, 5.41) is 4.96. The third-order valence-corrected chi connectivity index (χ3v) is 4.74. The molecule has 1 atom stereocenters. The molecule has 132 valence electrons. The normalized spacial score (nSPS) is 11.9. The van der Waals surface area contributed by atoms with Gasteiger partial charge in [0.15, 0.2) is 0 Å². The lowest BCUT2D eigenvalue weighted by molar-refractivity contribution is -0.127. The van der Waals surface area contributed by atoms with Gasteiger partial charge < -0.3 is 11.1 Å². The van der Waals surface area contributed by atoms with Crippen LogP contribution in [-0.4, -0.2) is 17.9 Å². The Kier molecular flexibility index (Phi) is 5.68. The Morgan fingerprint density at radius 1 is 0.923 bits per heavy atom. The summed E-state index contributed by atoms with van der Waals surface area (Å²) in [5.41, 5.74) is 7.30. The molecule has 0 radical (unpaired) electrons.